The van der Waals surface area contributed by atoms with Gasteiger partial charge in [-0.2, -0.15) is 0 Å². The molecular formula is C33H54N6O4. The van der Waals surface area contributed by atoms with Gasteiger partial charge < -0.3 is 19.9 Å². The highest BCUT2D eigenvalue weighted by molar-refractivity contribution is 5.97. The monoisotopic (exact) mass is 598 g/mol. The molecule has 2 heterocycles. The number of piperidine rings is 1. The Balaban J connectivity index is 1.38. The van der Waals surface area contributed by atoms with Crippen molar-refractivity contribution < 1.29 is 19.1 Å². The van der Waals surface area contributed by atoms with Crippen LogP contribution in [0.1, 0.15) is 67.2 Å². The van der Waals surface area contributed by atoms with Crippen LogP contribution in [0.5, 0.6) is 0 Å². The van der Waals surface area contributed by atoms with Gasteiger partial charge in [-0.25, -0.2) is 9.59 Å². The minimum atomic E-state index is -0.502. The number of hydrogen-bond donors (Lipinski definition) is 2. The van der Waals surface area contributed by atoms with Crippen LogP contribution in [-0.4, -0.2) is 109 Å². The van der Waals surface area contributed by atoms with Crippen molar-refractivity contribution in [3.05, 3.63) is 47.3 Å². The second kappa shape index (κ2) is 15.6. The predicted molar refractivity (Wildman–Crippen MR) is 171 cm³/mol. The summed E-state index contributed by atoms with van der Waals surface area (Å²) < 4.78 is 5.36. The molecule has 0 radical (unpaired) electrons. The van der Waals surface area contributed by atoms with Crippen LogP contribution in [0.2, 0.25) is 0 Å². The summed E-state index contributed by atoms with van der Waals surface area (Å²) in [6.07, 6.45) is 13.5. The molecule has 1 aliphatic carbocycles. The fourth-order valence-electron chi connectivity index (χ4n) is 5.93. The van der Waals surface area contributed by atoms with Crippen LogP contribution in [0.3, 0.4) is 0 Å². The van der Waals surface area contributed by atoms with E-state index in [1.807, 2.05) is 46.8 Å². The number of alkyl carbamates (subject to hydrolysis) is 1. The van der Waals surface area contributed by atoms with E-state index in [9.17, 15) is 14.4 Å². The molecule has 240 valence electrons. The van der Waals surface area contributed by atoms with E-state index in [1.54, 1.807) is 4.90 Å². The predicted octanol–water partition coefficient (Wildman–Crippen LogP) is 4.48. The number of nitrogens with zero attached hydrogens (tertiary/aromatic N) is 4. The Labute approximate surface area is 258 Å². The zero-order valence-corrected chi connectivity index (χ0v) is 27.6. The van der Waals surface area contributed by atoms with Crippen molar-refractivity contribution in [3.63, 3.8) is 0 Å². The van der Waals surface area contributed by atoms with E-state index in [0.29, 0.717) is 18.9 Å². The number of likely N-dealkylation sites (N-methyl/N-ethyl adjacent to an activating group) is 2. The average molecular weight is 599 g/mol. The molecule has 0 spiro atoms. The molecule has 0 aromatic carbocycles. The number of hydrogen-bond acceptors (Lipinski definition) is 7. The van der Waals surface area contributed by atoms with E-state index < -0.39 is 5.60 Å². The fraction of sp³-hybridized carbons (Fsp3) is 0.667. The van der Waals surface area contributed by atoms with Crippen molar-refractivity contribution in [2.24, 2.45) is 5.92 Å². The van der Waals surface area contributed by atoms with Gasteiger partial charge in [0.15, 0.2) is 0 Å². The van der Waals surface area contributed by atoms with Gasteiger partial charge in [0.1, 0.15) is 5.60 Å². The van der Waals surface area contributed by atoms with Crippen molar-refractivity contribution >= 4 is 18.0 Å². The van der Waals surface area contributed by atoms with E-state index in [0.717, 1.165) is 50.4 Å². The number of allylic oxidation sites excluding steroid dienone is 3. The number of likely N-dealkylation sites (tertiary alicyclic amines) is 1. The number of amides is 4. The van der Waals surface area contributed by atoms with Crippen LogP contribution in [0.25, 0.3) is 0 Å². The fourth-order valence-corrected chi connectivity index (χ4v) is 5.93. The molecule has 10 nitrogen and oxygen atoms in total. The molecule has 2 fully saturated rings. The van der Waals surface area contributed by atoms with Crippen LogP contribution >= 0.6 is 0 Å². The first-order valence-electron chi connectivity index (χ1n) is 15.7. The van der Waals surface area contributed by atoms with E-state index in [1.165, 1.54) is 18.5 Å². The number of imide groups is 1. The third-order valence-corrected chi connectivity index (χ3v) is 8.35. The molecule has 4 amide bonds. The zero-order chi connectivity index (χ0) is 31.7. The van der Waals surface area contributed by atoms with Gasteiger partial charge in [-0.15, -0.1) is 0 Å². The number of carbonyl (C=O) groups is 3. The molecule has 10 heteroatoms. The van der Waals surface area contributed by atoms with Crippen LogP contribution in [0.4, 0.5) is 9.59 Å². The number of carbonyl (C=O) groups excluding carboxylic acids is 3. The van der Waals surface area contributed by atoms with E-state index in [2.05, 4.69) is 64.6 Å². The summed E-state index contributed by atoms with van der Waals surface area (Å²) in [5, 5.41) is 5.34. The second-order valence-corrected chi connectivity index (χ2v) is 13.2. The summed E-state index contributed by atoms with van der Waals surface area (Å²) in [7, 11) is 4.33. The lowest BCUT2D eigenvalue weighted by Crippen LogP contribution is -2.49. The first-order chi connectivity index (χ1) is 20.3. The first kappa shape index (κ1) is 34.4. The Kier molecular flexibility index (Phi) is 12.4. The number of nitrogens with one attached hydrogen (secondary N) is 2. The first-order valence-corrected chi connectivity index (χ1v) is 15.7. The molecule has 2 N–H and O–H groups in total. The maximum absolute atomic E-state index is 12.4. The van der Waals surface area contributed by atoms with Gasteiger partial charge in [0.2, 0.25) is 5.91 Å². The Bertz CT molecular complexity index is 1110. The van der Waals surface area contributed by atoms with Gasteiger partial charge in [0.05, 0.1) is 6.04 Å². The minimum Gasteiger partial charge on any atom is -0.444 e. The summed E-state index contributed by atoms with van der Waals surface area (Å²) in [4.78, 5) is 44.9. The molecule has 0 bridgehead atoms. The summed E-state index contributed by atoms with van der Waals surface area (Å²) in [5.41, 5.74) is 2.60. The maximum Gasteiger partial charge on any atom is 0.408 e. The highest BCUT2D eigenvalue weighted by atomic mass is 16.6. The Morgan fingerprint density at radius 3 is 2.47 bits per heavy atom. The van der Waals surface area contributed by atoms with Crippen LogP contribution in [0.15, 0.2) is 47.3 Å². The number of rotatable bonds is 11. The van der Waals surface area contributed by atoms with Crippen LogP contribution in [0, 0.1) is 5.92 Å². The highest BCUT2D eigenvalue weighted by Gasteiger charge is 2.27. The van der Waals surface area contributed by atoms with Gasteiger partial charge in [0.25, 0.3) is 0 Å². The number of urea groups is 1. The normalized spacial score (nSPS) is 21.9. The van der Waals surface area contributed by atoms with E-state index in [4.69, 9.17) is 4.74 Å². The summed E-state index contributed by atoms with van der Waals surface area (Å²) >= 11 is 0. The molecule has 3 aliphatic rings. The van der Waals surface area contributed by atoms with Crippen LogP contribution < -0.4 is 10.6 Å². The van der Waals surface area contributed by atoms with E-state index >= 15 is 0 Å². The SMILES string of the molecule is C/C=C(\C(C)=C/[C@@H](C)N1CCC(CN(C)CCN(C)C2=CCC(NC(=O)OC(C)(C)C)C=C2)CC1)N1CCC(=O)NC1=O. The largest absolute Gasteiger partial charge is 0.444 e. The van der Waals surface area contributed by atoms with Crippen molar-refractivity contribution in [2.45, 2.75) is 84.9 Å². The molecule has 3 rings (SSSR count). The minimum absolute atomic E-state index is 0.0454. The van der Waals surface area contributed by atoms with Gasteiger partial charge in [0, 0.05) is 57.1 Å². The van der Waals surface area contributed by atoms with Gasteiger partial charge in [-0.3, -0.25) is 19.9 Å². The second-order valence-electron chi connectivity index (χ2n) is 13.2. The van der Waals surface area contributed by atoms with Gasteiger partial charge in [-0.05, 0) is 98.5 Å². The van der Waals surface area contributed by atoms with Crippen molar-refractivity contribution in [1.82, 2.24) is 30.2 Å². The summed E-state index contributed by atoms with van der Waals surface area (Å²) in [5.74, 6) is 0.466. The van der Waals surface area contributed by atoms with E-state index in [-0.39, 0.29) is 30.1 Å². The Hall–Kier alpha value is -3.11. The summed E-state index contributed by atoms with van der Waals surface area (Å²) in [6.45, 7) is 17.4. The maximum atomic E-state index is 12.4. The van der Waals surface area contributed by atoms with Crippen molar-refractivity contribution in [3.8, 4) is 0 Å². The van der Waals surface area contributed by atoms with Gasteiger partial charge in [-0.1, -0.05) is 24.3 Å². The standard InChI is InChI=1S/C33H54N6O4/c1-9-29(39-19-16-30(40)35-31(39)41)24(2)22-25(3)38-17-14-26(15-18-38)23-36(7)20-21-37(8)28-12-10-27(11-13-28)34-32(42)43-33(4,5)6/h9-10,12-13,22,25-27H,11,14-21,23H2,1-8H3,(H,34,42)(H,35,40,41)/b24-22-,29-9+/t25-,27?/m1/s1. The average Bonchev–Trinajstić information content (AvgIpc) is 2.93. The molecule has 43 heavy (non-hydrogen) atoms. The van der Waals surface area contributed by atoms with Crippen molar-refractivity contribution in [2.75, 3.05) is 53.4 Å². The molecule has 0 aromatic rings. The quantitative estimate of drug-likeness (QED) is 0.339. The zero-order valence-electron chi connectivity index (χ0n) is 27.6. The molecule has 2 atom stereocenters. The molecule has 2 aliphatic heterocycles. The highest BCUT2D eigenvalue weighted by Crippen LogP contribution is 2.24. The Morgan fingerprint density at radius 1 is 1.19 bits per heavy atom. The Morgan fingerprint density at radius 2 is 1.88 bits per heavy atom. The molecule has 1 unspecified atom stereocenters. The molecule has 2 saturated heterocycles. The third-order valence-electron chi connectivity index (χ3n) is 8.35. The number of ether oxygens (including phenoxy) is 1. The molecular weight excluding hydrogens is 544 g/mol. The smallest absolute Gasteiger partial charge is 0.408 e. The van der Waals surface area contributed by atoms with Gasteiger partial charge >= 0.3 is 12.1 Å². The lowest BCUT2D eigenvalue weighted by molar-refractivity contribution is -0.121. The lowest BCUT2D eigenvalue weighted by Gasteiger charge is -2.37. The van der Waals surface area contributed by atoms with Crippen molar-refractivity contribution in [1.29, 1.82) is 0 Å². The van der Waals surface area contributed by atoms with Crippen LogP contribution in [-0.2, 0) is 9.53 Å². The lowest BCUT2D eigenvalue weighted by atomic mass is 9.95. The molecule has 0 saturated carbocycles. The molecule has 0 aromatic heterocycles. The third kappa shape index (κ3) is 10.8. The topological polar surface area (TPSA) is 97.5 Å². The summed E-state index contributed by atoms with van der Waals surface area (Å²) in [6, 6.07) is -0.113.